The molecule has 0 aromatic heterocycles. The van der Waals surface area contributed by atoms with Crippen molar-refractivity contribution in [2.75, 3.05) is 11.9 Å². The number of hydrogen-bond donors (Lipinski definition) is 1. The number of aliphatic carboxylic acids is 1. The van der Waals surface area contributed by atoms with Crippen LogP contribution in [0.25, 0.3) is 0 Å². The fourth-order valence-electron chi connectivity index (χ4n) is 1.81. The molecule has 104 valence electrons. The second-order valence-electron chi connectivity index (χ2n) is 5.34. The molecule has 0 radical (unpaired) electrons. The molecule has 5 heteroatoms. The predicted molar refractivity (Wildman–Crippen MR) is 70.5 cm³/mol. The van der Waals surface area contributed by atoms with E-state index in [2.05, 4.69) is 0 Å². The zero-order chi connectivity index (χ0) is 14.6. The molecule has 1 amide bonds. The molecule has 0 spiro atoms. The molecular formula is C14H18FNO3. The SMILES string of the molecule is CN(C(=O)CC(C)(C)CC(=O)O)c1ccc(F)cc1. The van der Waals surface area contributed by atoms with Crippen molar-refractivity contribution in [3.05, 3.63) is 30.1 Å². The van der Waals surface area contributed by atoms with Gasteiger partial charge >= 0.3 is 5.97 Å². The monoisotopic (exact) mass is 267 g/mol. The molecule has 1 aromatic rings. The Kier molecular flexibility index (Phi) is 4.64. The van der Waals surface area contributed by atoms with Gasteiger partial charge in [0.15, 0.2) is 0 Å². The zero-order valence-electron chi connectivity index (χ0n) is 11.3. The van der Waals surface area contributed by atoms with Crippen LogP contribution in [-0.2, 0) is 9.59 Å². The van der Waals surface area contributed by atoms with E-state index in [0.717, 1.165) is 0 Å². The molecule has 0 unspecified atom stereocenters. The van der Waals surface area contributed by atoms with Crippen LogP contribution < -0.4 is 4.90 Å². The normalized spacial score (nSPS) is 11.2. The van der Waals surface area contributed by atoms with E-state index in [4.69, 9.17) is 5.11 Å². The van der Waals surface area contributed by atoms with Gasteiger partial charge in [0.25, 0.3) is 0 Å². The highest BCUT2D eigenvalue weighted by molar-refractivity contribution is 5.93. The molecule has 4 nitrogen and oxygen atoms in total. The number of hydrogen-bond acceptors (Lipinski definition) is 2. The fraction of sp³-hybridized carbons (Fsp3) is 0.429. The molecule has 1 rings (SSSR count). The van der Waals surface area contributed by atoms with Gasteiger partial charge in [0.1, 0.15) is 5.82 Å². The maximum Gasteiger partial charge on any atom is 0.303 e. The average Bonchev–Trinajstić information content (AvgIpc) is 2.26. The van der Waals surface area contributed by atoms with E-state index in [-0.39, 0.29) is 24.6 Å². The highest BCUT2D eigenvalue weighted by atomic mass is 19.1. The third-order valence-corrected chi connectivity index (χ3v) is 2.85. The number of carbonyl (C=O) groups excluding carboxylic acids is 1. The van der Waals surface area contributed by atoms with Gasteiger partial charge in [0.2, 0.25) is 5.91 Å². The standard InChI is InChI=1S/C14H18FNO3/c1-14(2,9-13(18)19)8-12(17)16(3)11-6-4-10(15)5-7-11/h4-7H,8-9H2,1-3H3,(H,18,19). The van der Waals surface area contributed by atoms with E-state index in [1.54, 1.807) is 20.9 Å². The molecule has 0 aliphatic heterocycles. The Balaban J connectivity index is 2.72. The van der Waals surface area contributed by atoms with Crippen LogP contribution in [0, 0.1) is 11.2 Å². The second kappa shape index (κ2) is 5.82. The number of rotatable bonds is 5. The summed E-state index contributed by atoms with van der Waals surface area (Å²) in [5.41, 5.74) is -0.0328. The molecule has 1 aromatic carbocycles. The number of carbonyl (C=O) groups is 2. The van der Waals surface area contributed by atoms with Gasteiger partial charge in [0, 0.05) is 19.2 Å². The van der Waals surface area contributed by atoms with Gasteiger partial charge in [-0.15, -0.1) is 0 Å². The Morgan fingerprint density at radius 1 is 1.21 bits per heavy atom. The summed E-state index contributed by atoms with van der Waals surface area (Å²) in [7, 11) is 1.59. The van der Waals surface area contributed by atoms with Gasteiger partial charge in [-0.2, -0.15) is 0 Å². The number of benzene rings is 1. The molecular weight excluding hydrogens is 249 g/mol. The first-order valence-corrected chi connectivity index (χ1v) is 5.95. The average molecular weight is 267 g/mol. The topological polar surface area (TPSA) is 57.6 Å². The summed E-state index contributed by atoms with van der Waals surface area (Å²) in [4.78, 5) is 24.2. The number of amides is 1. The molecule has 0 saturated heterocycles. The van der Waals surface area contributed by atoms with Crippen molar-refractivity contribution in [3.63, 3.8) is 0 Å². The first-order valence-electron chi connectivity index (χ1n) is 5.95. The number of anilines is 1. The second-order valence-corrected chi connectivity index (χ2v) is 5.34. The first kappa shape index (κ1) is 15.1. The van der Waals surface area contributed by atoms with Crippen LogP contribution in [0.1, 0.15) is 26.7 Å². The minimum atomic E-state index is -0.928. The van der Waals surface area contributed by atoms with Crippen molar-refractivity contribution in [1.29, 1.82) is 0 Å². The lowest BCUT2D eigenvalue weighted by Gasteiger charge is -2.25. The zero-order valence-corrected chi connectivity index (χ0v) is 11.3. The van der Waals surface area contributed by atoms with Crippen molar-refractivity contribution in [2.24, 2.45) is 5.41 Å². The van der Waals surface area contributed by atoms with Crippen LogP contribution in [0.5, 0.6) is 0 Å². The van der Waals surface area contributed by atoms with Crippen molar-refractivity contribution in [3.8, 4) is 0 Å². The molecule has 0 fully saturated rings. The number of carboxylic acids is 1. The van der Waals surface area contributed by atoms with E-state index in [1.165, 1.54) is 29.2 Å². The lowest BCUT2D eigenvalue weighted by atomic mass is 9.85. The summed E-state index contributed by atoms with van der Waals surface area (Å²) >= 11 is 0. The van der Waals surface area contributed by atoms with Crippen LogP contribution in [0.2, 0.25) is 0 Å². The van der Waals surface area contributed by atoms with Crippen LogP contribution in [-0.4, -0.2) is 24.0 Å². The summed E-state index contributed by atoms with van der Waals surface area (Å²) in [5, 5.41) is 8.78. The molecule has 1 N–H and O–H groups in total. The summed E-state index contributed by atoms with van der Waals surface area (Å²) in [6.45, 7) is 3.47. The minimum absolute atomic E-state index is 0.0734. The lowest BCUT2D eigenvalue weighted by Crippen LogP contribution is -2.31. The molecule has 0 aliphatic rings. The van der Waals surface area contributed by atoms with Crippen molar-refractivity contribution < 1.29 is 19.1 Å². The molecule has 0 heterocycles. The quantitative estimate of drug-likeness (QED) is 0.892. The summed E-state index contributed by atoms with van der Waals surface area (Å²) in [5.74, 6) is -1.49. The summed E-state index contributed by atoms with van der Waals surface area (Å²) in [6.07, 6.45) is 0.0448. The Labute approximate surface area is 111 Å². The van der Waals surface area contributed by atoms with Crippen LogP contribution in [0.3, 0.4) is 0 Å². The van der Waals surface area contributed by atoms with Gasteiger partial charge in [-0.05, 0) is 29.7 Å². The molecule has 19 heavy (non-hydrogen) atoms. The Morgan fingerprint density at radius 3 is 2.21 bits per heavy atom. The highest BCUT2D eigenvalue weighted by Crippen LogP contribution is 2.27. The number of halogens is 1. The maximum absolute atomic E-state index is 12.8. The Hall–Kier alpha value is -1.91. The largest absolute Gasteiger partial charge is 0.481 e. The van der Waals surface area contributed by atoms with Crippen molar-refractivity contribution in [1.82, 2.24) is 0 Å². The van der Waals surface area contributed by atoms with Crippen molar-refractivity contribution in [2.45, 2.75) is 26.7 Å². The van der Waals surface area contributed by atoms with Gasteiger partial charge in [0.05, 0.1) is 6.42 Å². The number of carboxylic acid groups (broad SMARTS) is 1. The van der Waals surface area contributed by atoms with Crippen LogP contribution in [0.4, 0.5) is 10.1 Å². The first-order chi connectivity index (χ1) is 8.71. The molecule has 0 aliphatic carbocycles. The Bertz CT molecular complexity index is 468. The Morgan fingerprint density at radius 2 is 1.74 bits per heavy atom. The predicted octanol–water partition coefficient (Wildman–Crippen LogP) is 2.68. The fourth-order valence-corrected chi connectivity index (χ4v) is 1.81. The summed E-state index contributed by atoms with van der Waals surface area (Å²) in [6, 6.07) is 5.58. The molecule has 0 atom stereocenters. The minimum Gasteiger partial charge on any atom is -0.481 e. The van der Waals surface area contributed by atoms with Gasteiger partial charge in [-0.25, -0.2) is 4.39 Å². The van der Waals surface area contributed by atoms with E-state index >= 15 is 0 Å². The summed E-state index contributed by atoms with van der Waals surface area (Å²) < 4.78 is 12.8. The highest BCUT2D eigenvalue weighted by Gasteiger charge is 2.27. The van der Waals surface area contributed by atoms with Crippen molar-refractivity contribution >= 4 is 17.6 Å². The van der Waals surface area contributed by atoms with Gasteiger partial charge in [-0.3, -0.25) is 9.59 Å². The number of nitrogens with zero attached hydrogens (tertiary/aromatic N) is 1. The van der Waals surface area contributed by atoms with Crippen LogP contribution in [0.15, 0.2) is 24.3 Å². The molecule has 0 bridgehead atoms. The van der Waals surface area contributed by atoms with Gasteiger partial charge in [-0.1, -0.05) is 13.8 Å². The third kappa shape index (κ3) is 4.69. The van der Waals surface area contributed by atoms with E-state index in [0.29, 0.717) is 5.69 Å². The van der Waals surface area contributed by atoms with E-state index < -0.39 is 11.4 Å². The maximum atomic E-state index is 12.8. The van der Waals surface area contributed by atoms with Gasteiger partial charge < -0.3 is 10.0 Å². The third-order valence-electron chi connectivity index (χ3n) is 2.85. The molecule has 0 saturated carbocycles. The van der Waals surface area contributed by atoms with E-state index in [9.17, 15) is 14.0 Å². The van der Waals surface area contributed by atoms with Crippen LogP contribution >= 0.6 is 0 Å². The lowest BCUT2D eigenvalue weighted by molar-refractivity contribution is -0.139. The van der Waals surface area contributed by atoms with E-state index in [1.807, 2.05) is 0 Å². The smallest absolute Gasteiger partial charge is 0.303 e.